The predicted octanol–water partition coefficient (Wildman–Crippen LogP) is 1.33. The largest absolute Gasteiger partial charge is 0.352 e. The number of rotatable bonds is 7. The Labute approximate surface area is 187 Å². The number of hydrogen-bond acceptors (Lipinski definition) is 6. The van der Waals surface area contributed by atoms with E-state index in [1.807, 2.05) is 0 Å². The third kappa shape index (κ3) is 4.54. The number of amidine groups is 1. The number of carbonyl (C=O) groups excluding carboxylic acids is 1. The highest BCUT2D eigenvalue weighted by atomic mass is 32.2. The van der Waals surface area contributed by atoms with Crippen LogP contribution in [0.3, 0.4) is 0 Å². The van der Waals surface area contributed by atoms with E-state index in [-0.39, 0.29) is 15.7 Å². The van der Waals surface area contributed by atoms with E-state index >= 15 is 0 Å². The second-order valence-electron chi connectivity index (χ2n) is 7.58. The molecule has 0 spiro atoms. The summed E-state index contributed by atoms with van der Waals surface area (Å²) >= 11 is 0. The molecule has 0 saturated carbocycles. The Morgan fingerprint density at radius 3 is 2.47 bits per heavy atom. The van der Waals surface area contributed by atoms with Crippen LogP contribution in [0.15, 0.2) is 63.3 Å². The third-order valence-electron chi connectivity index (χ3n) is 5.37. The van der Waals surface area contributed by atoms with Gasteiger partial charge in [-0.15, -0.1) is 0 Å². The number of nitrogens with one attached hydrogen (secondary N) is 2. The van der Waals surface area contributed by atoms with Crippen LogP contribution in [0.2, 0.25) is 0 Å². The smallest absolute Gasteiger partial charge is 0.263 e. The zero-order chi connectivity index (χ0) is 22.8. The first-order chi connectivity index (χ1) is 15.3. The van der Waals surface area contributed by atoms with Crippen molar-refractivity contribution >= 4 is 31.8 Å². The first-order valence-corrected chi connectivity index (χ1v) is 13.3. The number of amides is 1. The normalized spacial score (nSPS) is 18.9. The van der Waals surface area contributed by atoms with Crippen LogP contribution in [0, 0.1) is 0 Å². The van der Waals surface area contributed by atoms with E-state index in [9.17, 15) is 21.6 Å². The topological polar surface area (TPSA) is 125 Å². The van der Waals surface area contributed by atoms with E-state index in [2.05, 4.69) is 15.0 Å². The van der Waals surface area contributed by atoms with Crippen molar-refractivity contribution in [2.24, 2.45) is 4.99 Å². The highest BCUT2D eigenvalue weighted by molar-refractivity contribution is 7.90. The van der Waals surface area contributed by atoms with Crippen molar-refractivity contribution in [1.82, 2.24) is 14.3 Å². The molecule has 0 unspecified atom stereocenters. The molecule has 2 N–H and O–H groups in total. The monoisotopic (exact) mass is 476 g/mol. The van der Waals surface area contributed by atoms with E-state index in [1.54, 1.807) is 18.2 Å². The molecular formula is C21H24N4O5S2. The molecule has 170 valence electrons. The summed E-state index contributed by atoms with van der Waals surface area (Å²) in [5.41, 5.74) is 0.912. The zero-order valence-corrected chi connectivity index (χ0v) is 19.0. The van der Waals surface area contributed by atoms with Gasteiger partial charge in [-0.25, -0.2) is 16.8 Å². The fourth-order valence-corrected chi connectivity index (χ4v) is 6.45. The lowest BCUT2D eigenvalue weighted by Crippen LogP contribution is -2.28. The van der Waals surface area contributed by atoms with Gasteiger partial charge in [-0.05, 0) is 55.7 Å². The Bertz CT molecular complexity index is 1250. The van der Waals surface area contributed by atoms with Crippen LogP contribution in [0.4, 0.5) is 0 Å². The second kappa shape index (κ2) is 9.00. The summed E-state index contributed by atoms with van der Waals surface area (Å²) < 4.78 is 53.2. The van der Waals surface area contributed by atoms with E-state index in [0.29, 0.717) is 49.6 Å². The first-order valence-electron chi connectivity index (χ1n) is 10.3. The van der Waals surface area contributed by atoms with Gasteiger partial charge in [0.2, 0.25) is 10.0 Å². The van der Waals surface area contributed by atoms with Crippen LogP contribution in [-0.4, -0.2) is 59.1 Å². The SMILES string of the molecule is O=C(NCCCN=C1NS(=O)(=O)c2ccccc21)c1ccc(S(=O)(=O)N2CCCC2)cc1. The van der Waals surface area contributed by atoms with E-state index in [4.69, 9.17) is 0 Å². The molecule has 1 fully saturated rings. The molecule has 0 radical (unpaired) electrons. The van der Waals surface area contributed by atoms with Gasteiger partial charge < -0.3 is 5.32 Å². The average molecular weight is 477 g/mol. The molecule has 1 saturated heterocycles. The van der Waals surface area contributed by atoms with E-state index in [0.717, 1.165) is 12.8 Å². The fraction of sp³-hybridized carbons (Fsp3) is 0.333. The number of nitrogens with zero attached hydrogens (tertiary/aromatic N) is 2. The van der Waals surface area contributed by atoms with Crippen molar-refractivity contribution in [3.05, 3.63) is 59.7 Å². The highest BCUT2D eigenvalue weighted by Crippen LogP contribution is 2.22. The summed E-state index contributed by atoms with van der Waals surface area (Å²) in [6.45, 7) is 1.74. The Morgan fingerprint density at radius 1 is 1.06 bits per heavy atom. The summed E-state index contributed by atoms with van der Waals surface area (Å²) in [4.78, 5) is 17.0. The Balaban J connectivity index is 1.29. The minimum Gasteiger partial charge on any atom is -0.352 e. The summed E-state index contributed by atoms with van der Waals surface area (Å²) in [5, 5.41) is 2.77. The van der Waals surface area contributed by atoms with Crippen LogP contribution in [-0.2, 0) is 20.0 Å². The van der Waals surface area contributed by atoms with Crippen molar-refractivity contribution in [3.63, 3.8) is 0 Å². The number of fused-ring (bicyclic) bond motifs is 1. The van der Waals surface area contributed by atoms with Gasteiger partial charge >= 0.3 is 0 Å². The second-order valence-corrected chi connectivity index (χ2v) is 11.2. The maximum atomic E-state index is 12.6. The Kier molecular flexibility index (Phi) is 6.31. The first kappa shape index (κ1) is 22.4. The van der Waals surface area contributed by atoms with Gasteiger partial charge in [0.05, 0.1) is 9.79 Å². The third-order valence-corrected chi connectivity index (χ3v) is 8.68. The van der Waals surface area contributed by atoms with Crippen molar-refractivity contribution in [2.75, 3.05) is 26.2 Å². The molecule has 0 aromatic heterocycles. The van der Waals surface area contributed by atoms with Crippen molar-refractivity contribution in [2.45, 2.75) is 29.1 Å². The molecule has 2 aliphatic rings. The van der Waals surface area contributed by atoms with Gasteiger partial charge in [-0.1, -0.05) is 12.1 Å². The number of hydrogen-bond donors (Lipinski definition) is 2. The molecular weight excluding hydrogens is 452 g/mol. The highest BCUT2D eigenvalue weighted by Gasteiger charge is 2.30. The van der Waals surface area contributed by atoms with E-state index < -0.39 is 20.0 Å². The quantitative estimate of drug-likeness (QED) is 0.583. The van der Waals surface area contributed by atoms with Crippen LogP contribution in [0.1, 0.15) is 35.2 Å². The molecule has 0 atom stereocenters. The van der Waals surface area contributed by atoms with Crippen LogP contribution < -0.4 is 10.0 Å². The summed E-state index contributed by atoms with van der Waals surface area (Å²) in [5.74, 6) is -0.00332. The molecule has 2 heterocycles. The van der Waals surface area contributed by atoms with Gasteiger partial charge in [-0.3, -0.25) is 14.5 Å². The standard InChI is InChI=1S/C21H24N4O5S2/c26-21(16-8-10-17(11-9-16)32(29,30)25-14-3-4-15-25)23-13-5-12-22-20-18-6-1-2-7-19(18)31(27,28)24-20/h1-2,6-11H,3-5,12-15H2,(H,22,24)(H,23,26). The van der Waals surface area contributed by atoms with Crippen molar-refractivity contribution in [1.29, 1.82) is 0 Å². The van der Waals surface area contributed by atoms with Gasteiger partial charge in [-0.2, -0.15) is 4.31 Å². The minimum absolute atomic E-state index is 0.186. The fourth-order valence-electron chi connectivity index (χ4n) is 3.68. The molecule has 0 bridgehead atoms. The van der Waals surface area contributed by atoms with Crippen molar-refractivity contribution < 1.29 is 21.6 Å². The van der Waals surface area contributed by atoms with Gasteiger partial charge in [0.25, 0.3) is 15.9 Å². The Hall–Kier alpha value is -2.76. The minimum atomic E-state index is -3.56. The molecule has 4 rings (SSSR count). The average Bonchev–Trinajstić information content (AvgIpc) is 3.41. The number of sulfonamides is 2. The van der Waals surface area contributed by atoms with Crippen LogP contribution in [0.25, 0.3) is 0 Å². The molecule has 2 aliphatic heterocycles. The number of benzene rings is 2. The zero-order valence-electron chi connectivity index (χ0n) is 17.3. The lowest BCUT2D eigenvalue weighted by molar-refractivity contribution is 0.0953. The molecule has 9 nitrogen and oxygen atoms in total. The lowest BCUT2D eigenvalue weighted by Gasteiger charge is -2.15. The summed E-state index contributed by atoms with van der Waals surface area (Å²) in [6.07, 6.45) is 2.24. The lowest BCUT2D eigenvalue weighted by atomic mass is 10.2. The summed E-state index contributed by atoms with van der Waals surface area (Å²) in [7, 11) is -7.07. The van der Waals surface area contributed by atoms with Gasteiger partial charge in [0, 0.05) is 37.3 Å². The Morgan fingerprint density at radius 2 is 1.75 bits per heavy atom. The van der Waals surface area contributed by atoms with Crippen LogP contribution >= 0.6 is 0 Å². The van der Waals surface area contributed by atoms with Gasteiger partial charge in [0.15, 0.2) is 0 Å². The maximum absolute atomic E-state index is 12.6. The van der Waals surface area contributed by atoms with E-state index in [1.165, 1.54) is 34.6 Å². The maximum Gasteiger partial charge on any atom is 0.263 e. The van der Waals surface area contributed by atoms with Gasteiger partial charge in [0.1, 0.15) is 5.84 Å². The number of aliphatic imine (C=N–C) groups is 1. The summed E-state index contributed by atoms with van der Waals surface area (Å²) in [6, 6.07) is 12.6. The van der Waals surface area contributed by atoms with Crippen molar-refractivity contribution in [3.8, 4) is 0 Å². The predicted molar refractivity (Wildman–Crippen MR) is 120 cm³/mol. The molecule has 32 heavy (non-hydrogen) atoms. The molecule has 1 amide bonds. The molecule has 11 heteroatoms. The molecule has 2 aromatic carbocycles. The molecule has 0 aliphatic carbocycles. The van der Waals surface area contributed by atoms with Crippen LogP contribution in [0.5, 0.6) is 0 Å². The molecule has 2 aromatic rings. The number of carbonyl (C=O) groups is 1.